The molecule has 2 N–H and O–H groups in total. The summed E-state index contributed by atoms with van der Waals surface area (Å²) in [7, 11) is 0. The number of carbonyl (C=O) groups excluding carboxylic acids is 1. The van der Waals surface area contributed by atoms with Crippen molar-refractivity contribution in [2.45, 2.75) is 69.7 Å². The van der Waals surface area contributed by atoms with Crippen molar-refractivity contribution < 1.29 is 24.1 Å². The van der Waals surface area contributed by atoms with Crippen LogP contribution in [0.1, 0.15) is 72.4 Å². The Labute approximate surface area is 232 Å². The molecule has 3 atom stereocenters. The van der Waals surface area contributed by atoms with Crippen LogP contribution in [0.4, 0.5) is 4.39 Å². The number of thiophene rings is 1. The van der Waals surface area contributed by atoms with Crippen LogP contribution in [0.5, 0.6) is 0 Å². The third-order valence-corrected chi connectivity index (χ3v) is 9.60. The number of benzene rings is 2. The van der Waals surface area contributed by atoms with Gasteiger partial charge in [-0.3, -0.25) is 4.79 Å². The van der Waals surface area contributed by atoms with E-state index in [4.69, 9.17) is 4.74 Å². The highest BCUT2D eigenvalue weighted by Crippen LogP contribution is 2.63. The highest BCUT2D eigenvalue weighted by Gasteiger charge is 2.51. The molecule has 1 aliphatic heterocycles. The molecule has 1 saturated carbocycles. The van der Waals surface area contributed by atoms with Crippen LogP contribution in [-0.4, -0.2) is 28.4 Å². The zero-order valence-electron chi connectivity index (χ0n) is 21.8. The van der Waals surface area contributed by atoms with E-state index in [-0.39, 0.29) is 36.1 Å². The van der Waals surface area contributed by atoms with Crippen LogP contribution in [0.25, 0.3) is 11.1 Å². The number of rotatable bonds is 6. The molecule has 2 aliphatic carbocycles. The number of esters is 1. The minimum Gasteiger partial charge on any atom is -0.461 e. The average molecular weight is 545 g/mol. The van der Waals surface area contributed by atoms with Crippen LogP contribution >= 0.6 is 11.3 Å². The quantitative estimate of drug-likeness (QED) is 0.327. The molecule has 1 unspecified atom stereocenters. The van der Waals surface area contributed by atoms with Crippen LogP contribution < -0.4 is 0 Å². The summed E-state index contributed by atoms with van der Waals surface area (Å²) < 4.78 is 20.1. The van der Waals surface area contributed by atoms with Crippen molar-refractivity contribution in [3.63, 3.8) is 0 Å². The molecule has 4 nitrogen and oxygen atoms in total. The lowest BCUT2D eigenvalue weighted by Crippen LogP contribution is -2.40. The van der Waals surface area contributed by atoms with Crippen molar-refractivity contribution in [3.8, 4) is 0 Å². The van der Waals surface area contributed by atoms with E-state index in [2.05, 4.69) is 24.3 Å². The summed E-state index contributed by atoms with van der Waals surface area (Å²) in [5.74, 6) is -0.880. The van der Waals surface area contributed by atoms with Crippen molar-refractivity contribution in [2.24, 2.45) is 5.41 Å². The lowest BCUT2D eigenvalue weighted by atomic mass is 9.61. The van der Waals surface area contributed by atoms with Crippen LogP contribution in [0.3, 0.4) is 0 Å². The summed E-state index contributed by atoms with van der Waals surface area (Å²) in [6.07, 6.45) is 6.69. The predicted octanol–water partition coefficient (Wildman–Crippen LogP) is 7.03. The van der Waals surface area contributed by atoms with Crippen molar-refractivity contribution in [2.75, 3.05) is 0 Å². The summed E-state index contributed by atoms with van der Waals surface area (Å²) in [6, 6.07) is 18.9. The first-order chi connectivity index (χ1) is 19.0. The molecule has 1 saturated heterocycles. The maximum Gasteiger partial charge on any atom is 0.308 e. The van der Waals surface area contributed by atoms with Gasteiger partial charge in [0.15, 0.2) is 0 Å². The van der Waals surface area contributed by atoms with Gasteiger partial charge in [-0.2, -0.15) is 0 Å². The first kappa shape index (κ1) is 26.2. The summed E-state index contributed by atoms with van der Waals surface area (Å²) in [4.78, 5) is 13.7. The minimum atomic E-state index is -0.740. The number of cyclic esters (lactones) is 1. The fourth-order valence-electron chi connectivity index (χ4n) is 6.93. The summed E-state index contributed by atoms with van der Waals surface area (Å²) >= 11 is 1.64. The molecule has 6 heteroatoms. The Morgan fingerprint density at radius 2 is 1.72 bits per heavy atom. The van der Waals surface area contributed by atoms with Gasteiger partial charge in [0, 0.05) is 16.7 Å². The summed E-state index contributed by atoms with van der Waals surface area (Å²) in [5, 5.41) is 22.3. The van der Waals surface area contributed by atoms with Gasteiger partial charge in [-0.05, 0) is 75.9 Å². The molecule has 3 aromatic rings. The second kappa shape index (κ2) is 10.8. The highest BCUT2D eigenvalue weighted by molar-refractivity contribution is 7.10. The van der Waals surface area contributed by atoms with E-state index in [1.807, 2.05) is 35.7 Å². The zero-order chi connectivity index (χ0) is 27.0. The monoisotopic (exact) mass is 544 g/mol. The van der Waals surface area contributed by atoms with Crippen molar-refractivity contribution >= 4 is 28.5 Å². The van der Waals surface area contributed by atoms with Gasteiger partial charge in [0.2, 0.25) is 0 Å². The Balaban J connectivity index is 1.59. The van der Waals surface area contributed by atoms with Crippen molar-refractivity contribution in [3.05, 3.63) is 105 Å². The number of carbonyl (C=O) groups is 1. The van der Waals surface area contributed by atoms with Gasteiger partial charge in [0.25, 0.3) is 0 Å². The van der Waals surface area contributed by atoms with E-state index in [0.29, 0.717) is 6.42 Å². The van der Waals surface area contributed by atoms with E-state index in [0.717, 1.165) is 52.8 Å². The molecular weight excluding hydrogens is 511 g/mol. The Hall–Kier alpha value is -3.06. The molecule has 2 fully saturated rings. The number of ether oxygens (including phenoxy) is 1. The third kappa shape index (κ3) is 4.90. The Bertz CT molecular complexity index is 1380. The highest BCUT2D eigenvalue weighted by atomic mass is 32.1. The van der Waals surface area contributed by atoms with Gasteiger partial charge in [0.05, 0.1) is 25.0 Å². The van der Waals surface area contributed by atoms with Crippen molar-refractivity contribution in [1.29, 1.82) is 0 Å². The lowest BCUT2D eigenvalue weighted by Gasteiger charge is -2.45. The SMILES string of the molecule is O=C1C[C@H](O)C[C@@H](C(C2=C(c3ccc(F)cc3)C=C(c3ccc(CO)cc3)C23CCCCC3)c2cccs2)O1. The maximum atomic E-state index is 14.1. The number of halogens is 1. The normalized spacial score (nSPS) is 23.6. The van der Waals surface area contributed by atoms with Crippen molar-refractivity contribution in [1.82, 2.24) is 0 Å². The lowest BCUT2D eigenvalue weighted by molar-refractivity contribution is -0.161. The maximum absolute atomic E-state index is 14.1. The van der Waals surface area contributed by atoms with E-state index in [1.54, 1.807) is 11.3 Å². The Morgan fingerprint density at radius 3 is 2.36 bits per heavy atom. The standard InChI is InChI=1S/C33H33FO4S/c34-24-12-10-22(11-13-24)26-19-27(23-8-6-21(20-35)7-9-23)33(14-2-1-3-15-33)32(26)31(29-5-4-16-39-29)28-17-25(36)18-30(37)38-28/h4-13,16,19,25,28,31,35-36H,1-3,14-15,17-18,20H2/t25-,28+,31?/m1/s1. The van der Waals surface area contributed by atoms with Gasteiger partial charge in [-0.1, -0.05) is 61.7 Å². The molecule has 1 spiro atoms. The Kier molecular flexibility index (Phi) is 7.27. The van der Waals surface area contributed by atoms with Crippen LogP contribution in [0, 0.1) is 11.2 Å². The molecule has 3 aliphatic rings. The molecule has 2 heterocycles. The number of aliphatic hydroxyl groups is 2. The molecule has 0 radical (unpaired) electrons. The number of hydrogen-bond acceptors (Lipinski definition) is 5. The zero-order valence-corrected chi connectivity index (χ0v) is 22.6. The molecule has 2 aromatic carbocycles. The molecule has 1 aromatic heterocycles. The van der Waals surface area contributed by atoms with E-state index in [1.165, 1.54) is 29.7 Å². The predicted molar refractivity (Wildman–Crippen MR) is 151 cm³/mol. The largest absolute Gasteiger partial charge is 0.461 e. The smallest absolute Gasteiger partial charge is 0.308 e. The molecule has 6 rings (SSSR count). The summed E-state index contributed by atoms with van der Waals surface area (Å²) in [6.45, 7) is -0.00930. The fraction of sp³-hybridized carbons (Fsp3) is 0.364. The number of hydrogen-bond donors (Lipinski definition) is 2. The minimum absolute atomic E-state index is 0.00930. The van der Waals surface area contributed by atoms with Gasteiger partial charge >= 0.3 is 5.97 Å². The first-order valence-electron chi connectivity index (χ1n) is 13.8. The molecule has 0 bridgehead atoms. The summed E-state index contributed by atoms with van der Waals surface area (Å²) in [5.41, 5.74) is 6.10. The van der Waals surface area contributed by atoms with E-state index >= 15 is 0 Å². The van der Waals surface area contributed by atoms with Gasteiger partial charge in [0.1, 0.15) is 11.9 Å². The molecule has 39 heavy (non-hydrogen) atoms. The van der Waals surface area contributed by atoms with E-state index in [9.17, 15) is 19.4 Å². The van der Waals surface area contributed by atoms with E-state index < -0.39 is 12.2 Å². The third-order valence-electron chi connectivity index (χ3n) is 8.64. The molecule has 202 valence electrons. The second-order valence-electron chi connectivity index (χ2n) is 11.0. The van der Waals surface area contributed by atoms with Crippen LogP contribution in [0.2, 0.25) is 0 Å². The Morgan fingerprint density at radius 1 is 1.00 bits per heavy atom. The van der Waals surface area contributed by atoms with Crippen LogP contribution in [0.15, 0.2) is 77.7 Å². The van der Waals surface area contributed by atoms with Gasteiger partial charge in [-0.25, -0.2) is 4.39 Å². The van der Waals surface area contributed by atoms with Gasteiger partial charge < -0.3 is 14.9 Å². The number of allylic oxidation sites excluding steroid dienone is 3. The van der Waals surface area contributed by atoms with Crippen LogP contribution in [-0.2, 0) is 16.1 Å². The average Bonchev–Trinajstić information content (AvgIpc) is 3.57. The topological polar surface area (TPSA) is 66.8 Å². The molecular formula is C33H33FO4S. The van der Waals surface area contributed by atoms with Gasteiger partial charge in [-0.15, -0.1) is 11.3 Å². The first-order valence-corrected chi connectivity index (χ1v) is 14.7. The number of aliphatic hydroxyl groups excluding tert-OH is 2. The fourth-order valence-corrected chi connectivity index (χ4v) is 7.82. The molecule has 0 amide bonds. The second-order valence-corrected chi connectivity index (χ2v) is 12.0.